The molecule has 0 radical (unpaired) electrons. The molecule has 5 nitrogen and oxygen atoms in total. The first-order valence-corrected chi connectivity index (χ1v) is 8.09. The molecule has 6 heteroatoms. The molecule has 0 amide bonds. The van der Waals surface area contributed by atoms with Gasteiger partial charge in [0.05, 0.1) is 0 Å². The third-order valence-electron chi connectivity index (χ3n) is 3.05. The van der Waals surface area contributed by atoms with Crippen molar-refractivity contribution in [2.75, 3.05) is 20.7 Å². The second-order valence-corrected chi connectivity index (χ2v) is 8.32. The molecule has 0 saturated heterocycles. The lowest BCUT2D eigenvalue weighted by Crippen LogP contribution is -2.27. The number of hydrogen-bond donors (Lipinski definition) is 0. The first kappa shape index (κ1) is 17.7. The van der Waals surface area contributed by atoms with Crippen molar-refractivity contribution in [1.29, 1.82) is 0 Å². The maximum atomic E-state index is 12.3. The Morgan fingerprint density at radius 3 is 2.29 bits per heavy atom. The van der Waals surface area contributed by atoms with E-state index in [1.54, 1.807) is 45.9 Å². The van der Waals surface area contributed by atoms with Gasteiger partial charge in [-0.25, -0.2) is 12.7 Å². The molecule has 0 heterocycles. The number of carbonyl (C=O) groups excluding carboxylic acids is 1. The van der Waals surface area contributed by atoms with Crippen LogP contribution in [0.25, 0.3) is 0 Å². The predicted molar refractivity (Wildman–Crippen MR) is 82.0 cm³/mol. The van der Waals surface area contributed by atoms with Crippen LogP contribution in [0.3, 0.4) is 0 Å². The zero-order valence-electron chi connectivity index (χ0n) is 13.4. The Morgan fingerprint density at radius 1 is 1.24 bits per heavy atom. The van der Waals surface area contributed by atoms with Gasteiger partial charge in [0.15, 0.2) is 5.78 Å². The zero-order chi connectivity index (χ0) is 16.4. The van der Waals surface area contributed by atoms with Crippen LogP contribution in [0.5, 0.6) is 5.75 Å². The molecule has 0 aliphatic carbocycles. The highest BCUT2D eigenvalue weighted by atomic mass is 32.2. The fraction of sp³-hybridized carbons (Fsp3) is 0.533. The SMILES string of the molecule is Cc1ccc(OCC(=O)C(C)(C)C)c(S(=O)(=O)N(C)C)c1. The first-order valence-electron chi connectivity index (χ1n) is 6.65. The third-order valence-corrected chi connectivity index (χ3v) is 4.89. The minimum Gasteiger partial charge on any atom is -0.484 e. The monoisotopic (exact) mass is 313 g/mol. The Hall–Kier alpha value is -1.40. The van der Waals surface area contributed by atoms with Crippen LogP contribution in [0, 0.1) is 12.3 Å². The molecule has 0 bridgehead atoms. The summed E-state index contributed by atoms with van der Waals surface area (Å²) >= 11 is 0. The molecule has 0 atom stereocenters. The fourth-order valence-corrected chi connectivity index (χ4v) is 2.60. The predicted octanol–water partition coefficient (Wildman–Crippen LogP) is 2.24. The van der Waals surface area contributed by atoms with Crippen molar-refractivity contribution < 1.29 is 17.9 Å². The summed E-state index contributed by atoms with van der Waals surface area (Å²) in [6.45, 7) is 7.04. The van der Waals surface area contributed by atoms with E-state index in [0.29, 0.717) is 0 Å². The van der Waals surface area contributed by atoms with Gasteiger partial charge in [0.1, 0.15) is 17.3 Å². The molecule has 0 aromatic heterocycles. The van der Waals surface area contributed by atoms with Gasteiger partial charge in [0.2, 0.25) is 10.0 Å². The summed E-state index contributed by atoms with van der Waals surface area (Å²) < 4.78 is 31.2. The quantitative estimate of drug-likeness (QED) is 0.836. The Bertz CT molecular complexity index is 628. The number of ether oxygens (including phenoxy) is 1. The molecule has 0 N–H and O–H groups in total. The second kappa shape index (κ2) is 6.15. The van der Waals surface area contributed by atoms with Gasteiger partial charge in [-0.05, 0) is 24.6 Å². The molecule has 21 heavy (non-hydrogen) atoms. The molecule has 118 valence electrons. The number of ketones is 1. The van der Waals surface area contributed by atoms with Crippen LogP contribution in [0.2, 0.25) is 0 Å². The number of sulfonamides is 1. The topological polar surface area (TPSA) is 63.7 Å². The van der Waals surface area contributed by atoms with Crippen LogP contribution in [-0.4, -0.2) is 39.2 Å². The Labute approximate surface area is 127 Å². The molecule has 0 saturated carbocycles. The van der Waals surface area contributed by atoms with E-state index in [9.17, 15) is 13.2 Å². The van der Waals surface area contributed by atoms with Gasteiger partial charge >= 0.3 is 0 Å². The van der Waals surface area contributed by atoms with Crippen molar-refractivity contribution in [3.05, 3.63) is 23.8 Å². The lowest BCUT2D eigenvalue weighted by molar-refractivity contribution is -0.128. The Morgan fingerprint density at radius 2 is 1.81 bits per heavy atom. The lowest BCUT2D eigenvalue weighted by Gasteiger charge is -2.19. The number of Topliss-reactive ketones (excluding diaryl/α,β-unsaturated/α-hetero) is 1. The van der Waals surface area contributed by atoms with E-state index in [2.05, 4.69) is 0 Å². The number of hydrogen-bond acceptors (Lipinski definition) is 4. The minimum atomic E-state index is -3.62. The van der Waals surface area contributed by atoms with Crippen LogP contribution in [-0.2, 0) is 14.8 Å². The summed E-state index contributed by atoms with van der Waals surface area (Å²) in [5, 5.41) is 0. The zero-order valence-corrected chi connectivity index (χ0v) is 14.2. The van der Waals surface area contributed by atoms with Gasteiger partial charge in [-0.3, -0.25) is 4.79 Å². The van der Waals surface area contributed by atoms with Crippen molar-refractivity contribution >= 4 is 15.8 Å². The first-order chi connectivity index (χ1) is 9.46. The van der Waals surface area contributed by atoms with Crippen molar-refractivity contribution in [2.24, 2.45) is 5.41 Å². The maximum absolute atomic E-state index is 12.3. The molecule has 1 aromatic carbocycles. The van der Waals surface area contributed by atoms with Crippen molar-refractivity contribution in [2.45, 2.75) is 32.6 Å². The van der Waals surface area contributed by atoms with Crippen LogP contribution < -0.4 is 4.74 Å². The number of nitrogens with zero attached hydrogens (tertiary/aromatic N) is 1. The van der Waals surface area contributed by atoms with Crippen molar-refractivity contribution in [1.82, 2.24) is 4.31 Å². The smallest absolute Gasteiger partial charge is 0.246 e. The summed E-state index contributed by atoms with van der Waals surface area (Å²) in [6, 6.07) is 4.89. The molecule has 1 rings (SSSR count). The summed E-state index contributed by atoms with van der Waals surface area (Å²) in [5.74, 6) is 0.114. The number of benzene rings is 1. The van der Waals surface area contributed by atoms with Gasteiger partial charge in [0, 0.05) is 19.5 Å². The van der Waals surface area contributed by atoms with E-state index >= 15 is 0 Å². The van der Waals surface area contributed by atoms with Crippen LogP contribution >= 0.6 is 0 Å². The van der Waals surface area contributed by atoms with Gasteiger partial charge in [-0.2, -0.15) is 0 Å². The Balaban J connectivity index is 3.13. The van der Waals surface area contributed by atoms with E-state index in [-0.39, 0.29) is 23.0 Å². The van der Waals surface area contributed by atoms with E-state index in [1.807, 2.05) is 0 Å². The summed E-state index contributed by atoms with van der Waals surface area (Å²) in [7, 11) is -0.696. The van der Waals surface area contributed by atoms with Crippen molar-refractivity contribution in [3.63, 3.8) is 0 Å². The van der Waals surface area contributed by atoms with E-state index in [4.69, 9.17) is 4.74 Å². The largest absolute Gasteiger partial charge is 0.484 e. The summed E-state index contributed by atoms with van der Waals surface area (Å²) in [5.41, 5.74) is 0.288. The van der Waals surface area contributed by atoms with Gasteiger partial charge in [-0.15, -0.1) is 0 Å². The van der Waals surface area contributed by atoms with Gasteiger partial charge in [-0.1, -0.05) is 26.8 Å². The molecule has 0 fully saturated rings. The average molecular weight is 313 g/mol. The molecule has 0 aliphatic rings. The van der Waals surface area contributed by atoms with Crippen LogP contribution in [0.15, 0.2) is 23.1 Å². The van der Waals surface area contributed by atoms with E-state index in [0.717, 1.165) is 9.87 Å². The third kappa shape index (κ3) is 4.28. The minimum absolute atomic E-state index is 0.0780. The van der Waals surface area contributed by atoms with E-state index in [1.165, 1.54) is 14.1 Å². The van der Waals surface area contributed by atoms with Gasteiger partial charge in [0.25, 0.3) is 0 Å². The number of aryl methyl sites for hydroxylation is 1. The van der Waals surface area contributed by atoms with Gasteiger partial charge < -0.3 is 4.74 Å². The lowest BCUT2D eigenvalue weighted by atomic mass is 9.91. The molecular weight excluding hydrogens is 290 g/mol. The fourth-order valence-electron chi connectivity index (χ4n) is 1.49. The highest BCUT2D eigenvalue weighted by molar-refractivity contribution is 7.89. The Kier molecular flexibility index (Phi) is 5.17. The summed E-state index contributed by atoms with van der Waals surface area (Å²) in [4.78, 5) is 12.0. The summed E-state index contributed by atoms with van der Waals surface area (Å²) in [6.07, 6.45) is 0. The van der Waals surface area contributed by atoms with Crippen LogP contribution in [0.4, 0.5) is 0 Å². The molecule has 1 aromatic rings. The number of rotatable bonds is 5. The highest BCUT2D eigenvalue weighted by Gasteiger charge is 2.25. The molecule has 0 spiro atoms. The number of carbonyl (C=O) groups is 1. The standard InChI is InChI=1S/C15H23NO4S/c1-11-7-8-12(20-10-14(17)15(2,3)4)13(9-11)21(18,19)16(5)6/h7-9H,10H2,1-6H3. The average Bonchev–Trinajstić information content (AvgIpc) is 2.35. The van der Waals surface area contributed by atoms with E-state index < -0.39 is 15.4 Å². The molecular formula is C15H23NO4S. The normalized spacial score (nSPS) is 12.5. The van der Waals surface area contributed by atoms with Crippen molar-refractivity contribution in [3.8, 4) is 5.75 Å². The highest BCUT2D eigenvalue weighted by Crippen LogP contribution is 2.27. The maximum Gasteiger partial charge on any atom is 0.246 e. The van der Waals surface area contributed by atoms with Crippen LogP contribution in [0.1, 0.15) is 26.3 Å². The second-order valence-electron chi connectivity index (χ2n) is 6.20. The molecule has 0 aliphatic heterocycles. The molecule has 0 unspecified atom stereocenters.